The average molecular weight is 343 g/mol. The minimum absolute atomic E-state index is 0.182. The molecule has 0 radical (unpaired) electrons. The highest BCUT2D eigenvalue weighted by Gasteiger charge is 2.29. The van der Waals surface area contributed by atoms with Crippen LogP contribution in [0.25, 0.3) is 0 Å². The lowest BCUT2D eigenvalue weighted by molar-refractivity contribution is 0.0936. The summed E-state index contributed by atoms with van der Waals surface area (Å²) in [5, 5.41) is 2.78. The first-order valence-corrected chi connectivity index (χ1v) is 9.43. The van der Waals surface area contributed by atoms with Gasteiger partial charge in [0.1, 0.15) is 10.6 Å². The summed E-state index contributed by atoms with van der Waals surface area (Å²) in [7, 11) is -1.82. The SMILES string of the molecule is CCOCCCNC(=O)c1cc(S(=O)(=O)N2CCCC2)cn1C. The number of carbonyl (C=O) groups is 1. The quantitative estimate of drug-likeness (QED) is 0.713. The molecule has 0 bridgehead atoms. The monoisotopic (exact) mass is 343 g/mol. The molecule has 2 rings (SSSR count). The van der Waals surface area contributed by atoms with E-state index in [9.17, 15) is 13.2 Å². The molecule has 1 amide bonds. The Bertz CT molecular complexity index is 633. The molecule has 0 atom stereocenters. The summed E-state index contributed by atoms with van der Waals surface area (Å²) < 4.78 is 33.3. The second-order valence-corrected chi connectivity index (χ2v) is 7.53. The van der Waals surface area contributed by atoms with Crippen LogP contribution >= 0.6 is 0 Å². The van der Waals surface area contributed by atoms with Crippen LogP contribution in [-0.4, -0.2) is 56.0 Å². The van der Waals surface area contributed by atoms with Gasteiger partial charge in [0.2, 0.25) is 10.0 Å². The number of amides is 1. The van der Waals surface area contributed by atoms with Crippen molar-refractivity contribution in [1.82, 2.24) is 14.2 Å². The molecule has 1 fully saturated rings. The van der Waals surface area contributed by atoms with Gasteiger partial charge in [0.15, 0.2) is 0 Å². The van der Waals surface area contributed by atoms with E-state index in [0.29, 0.717) is 38.5 Å². The van der Waals surface area contributed by atoms with Crippen LogP contribution in [0, 0.1) is 0 Å². The van der Waals surface area contributed by atoms with Gasteiger partial charge in [-0.15, -0.1) is 0 Å². The third-order valence-corrected chi connectivity index (χ3v) is 5.73. The number of nitrogens with zero attached hydrogens (tertiary/aromatic N) is 2. The first-order chi connectivity index (χ1) is 11.0. The smallest absolute Gasteiger partial charge is 0.267 e. The topological polar surface area (TPSA) is 80.6 Å². The molecule has 1 N–H and O–H groups in total. The predicted molar refractivity (Wildman–Crippen MR) is 86.8 cm³/mol. The third kappa shape index (κ3) is 4.33. The molecule has 130 valence electrons. The van der Waals surface area contributed by atoms with Gasteiger partial charge in [0.25, 0.3) is 5.91 Å². The van der Waals surface area contributed by atoms with E-state index < -0.39 is 10.0 Å². The summed E-state index contributed by atoms with van der Waals surface area (Å²) in [5.74, 6) is -0.271. The van der Waals surface area contributed by atoms with Crippen LogP contribution in [0.3, 0.4) is 0 Å². The van der Waals surface area contributed by atoms with E-state index in [1.54, 1.807) is 11.6 Å². The number of hydrogen-bond donors (Lipinski definition) is 1. The summed E-state index contributed by atoms with van der Waals surface area (Å²) >= 11 is 0. The molecule has 7 nitrogen and oxygen atoms in total. The largest absolute Gasteiger partial charge is 0.382 e. The Hall–Kier alpha value is -1.38. The Kier molecular flexibility index (Phi) is 6.20. The van der Waals surface area contributed by atoms with Crippen molar-refractivity contribution < 1.29 is 17.9 Å². The minimum atomic E-state index is -3.49. The molecule has 1 aliphatic heterocycles. The summed E-state index contributed by atoms with van der Waals surface area (Å²) in [5.41, 5.74) is 0.346. The number of aryl methyl sites for hydroxylation is 1. The van der Waals surface area contributed by atoms with Crippen molar-refractivity contribution in [2.24, 2.45) is 7.05 Å². The number of sulfonamides is 1. The van der Waals surface area contributed by atoms with E-state index in [0.717, 1.165) is 19.3 Å². The Balaban J connectivity index is 2.01. The van der Waals surface area contributed by atoms with Crippen LogP contribution in [0.2, 0.25) is 0 Å². The van der Waals surface area contributed by atoms with Crippen LogP contribution in [0.5, 0.6) is 0 Å². The maximum Gasteiger partial charge on any atom is 0.267 e. The first kappa shape index (κ1) is 18.0. The van der Waals surface area contributed by atoms with Gasteiger partial charge in [-0.1, -0.05) is 0 Å². The van der Waals surface area contributed by atoms with Crippen LogP contribution in [-0.2, 0) is 21.8 Å². The van der Waals surface area contributed by atoms with Gasteiger partial charge >= 0.3 is 0 Å². The molecule has 0 unspecified atom stereocenters. The number of ether oxygens (including phenoxy) is 1. The van der Waals surface area contributed by atoms with Crippen LogP contribution < -0.4 is 5.32 Å². The van der Waals surface area contributed by atoms with Crippen molar-refractivity contribution in [2.75, 3.05) is 32.8 Å². The molecule has 0 saturated carbocycles. The highest BCUT2D eigenvalue weighted by molar-refractivity contribution is 7.89. The van der Waals surface area contributed by atoms with Crippen molar-refractivity contribution in [2.45, 2.75) is 31.1 Å². The number of rotatable bonds is 8. The summed E-state index contributed by atoms with van der Waals surface area (Å²) in [4.78, 5) is 12.4. The number of carbonyl (C=O) groups excluding carboxylic acids is 1. The zero-order chi connectivity index (χ0) is 16.9. The van der Waals surface area contributed by atoms with Crippen molar-refractivity contribution in [3.8, 4) is 0 Å². The normalized spacial score (nSPS) is 15.9. The standard InChI is InChI=1S/C15H25N3O4S/c1-3-22-10-6-7-16-15(19)14-11-13(12-17(14)2)23(20,21)18-8-4-5-9-18/h11-12H,3-10H2,1-2H3,(H,16,19). The van der Waals surface area contributed by atoms with Gasteiger partial charge < -0.3 is 14.6 Å². The Morgan fingerprint density at radius 3 is 2.70 bits per heavy atom. The predicted octanol–water partition coefficient (Wildman–Crippen LogP) is 0.966. The molecule has 8 heteroatoms. The molecule has 0 spiro atoms. The average Bonchev–Trinajstić information content (AvgIpc) is 3.16. The summed E-state index contributed by atoms with van der Waals surface area (Å²) in [6.45, 7) is 4.78. The first-order valence-electron chi connectivity index (χ1n) is 7.99. The van der Waals surface area contributed by atoms with Crippen molar-refractivity contribution in [3.63, 3.8) is 0 Å². The Morgan fingerprint density at radius 1 is 1.35 bits per heavy atom. The van der Waals surface area contributed by atoms with Crippen molar-refractivity contribution in [3.05, 3.63) is 18.0 Å². The van der Waals surface area contributed by atoms with E-state index in [-0.39, 0.29) is 10.8 Å². The highest BCUT2D eigenvalue weighted by Crippen LogP contribution is 2.22. The second kappa shape index (κ2) is 7.94. The van der Waals surface area contributed by atoms with Crippen LogP contribution in [0.4, 0.5) is 0 Å². The lowest BCUT2D eigenvalue weighted by atomic mass is 10.3. The van der Waals surface area contributed by atoms with E-state index in [1.807, 2.05) is 6.92 Å². The molecule has 23 heavy (non-hydrogen) atoms. The molecular weight excluding hydrogens is 318 g/mol. The molecule has 1 aromatic heterocycles. The van der Waals surface area contributed by atoms with Gasteiger partial charge in [-0.3, -0.25) is 4.79 Å². The van der Waals surface area contributed by atoms with Gasteiger partial charge in [0.05, 0.1) is 0 Å². The minimum Gasteiger partial charge on any atom is -0.382 e. The molecule has 1 aliphatic rings. The number of hydrogen-bond acceptors (Lipinski definition) is 4. The van der Waals surface area contributed by atoms with Gasteiger partial charge in [-0.25, -0.2) is 8.42 Å². The van der Waals surface area contributed by atoms with Crippen molar-refractivity contribution >= 4 is 15.9 Å². The molecule has 0 aromatic carbocycles. The molecule has 1 aromatic rings. The fourth-order valence-electron chi connectivity index (χ4n) is 2.59. The zero-order valence-corrected chi connectivity index (χ0v) is 14.6. The lowest BCUT2D eigenvalue weighted by Gasteiger charge is -2.13. The number of nitrogens with one attached hydrogen (secondary N) is 1. The Morgan fingerprint density at radius 2 is 2.04 bits per heavy atom. The van der Waals surface area contributed by atoms with Crippen molar-refractivity contribution in [1.29, 1.82) is 0 Å². The van der Waals surface area contributed by atoms with Gasteiger partial charge in [-0.2, -0.15) is 4.31 Å². The number of aromatic nitrogens is 1. The fourth-order valence-corrected chi connectivity index (χ4v) is 4.18. The second-order valence-electron chi connectivity index (χ2n) is 5.59. The van der Waals surface area contributed by atoms with E-state index in [2.05, 4.69) is 5.32 Å². The van der Waals surface area contributed by atoms with E-state index in [4.69, 9.17) is 4.74 Å². The fraction of sp³-hybridized carbons (Fsp3) is 0.667. The van der Waals surface area contributed by atoms with Gasteiger partial charge in [0, 0.05) is 46.1 Å². The van der Waals surface area contributed by atoms with Crippen LogP contribution in [0.1, 0.15) is 36.7 Å². The summed E-state index contributed by atoms with van der Waals surface area (Å²) in [6, 6.07) is 1.45. The maximum atomic E-state index is 12.5. The lowest BCUT2D eigenvalue weighted by Crippen LogP contribution is -2.28. The maximum absolute atomic E-state index is 12.5. The molecular formula is C15H25N3O4S. The molecule has 1 saturated heterocycles. The molecule has 2 heterocycles. The van der Waals surface area contributed by atoms with E-state index >= 15 is 0 Å². The third-order valence-electron chi connectivity index (χ3n) is 3.87. The Labute approximate surface area is 137 Å². The molecule has 0 aliphatic carbocycles. The summed E-state index contributed by atoms with van der Waals surface area (Å²) in [6.07, 6.45) is 4.00. The van der Waals surface area contributed by atoms with Gasteiger partial charge in [-0.05, 0) is 32.3 Å². The zero-order valence-electron chi connectivity index (χ0n) is 13.7. The highest BCUT2D eigenvalue weighted by atomic mass is 32.2. The van der Waals surface area contributed by atoms with Crippen LogP contribution in [0.15, 0.2) is 17.2 Å². The van der Waals surface area contributed by atoms with E-state index in [1.165, 1.54) is 16.6 Å².